The highest BCUT2D eigenvalue weighted by Crippen LogP contribution is 2.16. The highest BCUT2D eigenvalue weighted by atomic mass is 35.5. The minimum Gasteiger partial charge on any atom is -0.295 e. The Hall–Kier alpha value is -1.08. The Labute approximate surface area is 83.0 Å². The van der Waals surface area contributed by atoms with Gasteiger partial charge in [-0.15, -0.1) is 0 Å². The van der Waals surface area contributed by atoms with Crippen LogP contribution in [0.4, 0.5) is 0 Å². The summed E-state index contributed by atoms with van der Waals surface area (Å²) in [6, 6.07) is 7.43. The summed E-state index contributed by atoms with van der Waals surface area (Å²) in [6.45, 7) is 3.45. The van der Waals surface area contributed by atoms with Crippen molar-refractivity contribution < 1.29 is 4.79 Å². The van der Waals surface area contributed by atoms with Gasteiger partial charge in [0.2, 0.25) is 0 Å². The van der Waals surface area contributed by atoms with E-state index in [1.807, 2.05) is 31.2 Å². The van der Waals surface area contributed by atoms with Crippen LogP contribution in [-0.4, -0.2) is 5.78 Å². The molecule has 68 valence electrons. The number of rotatable bonds is 2. The summed E-state index contributed by atoms with van der Waals surface area (Å²) < 4.78 is 0. The molecule has 0 heterocycles. The Morgan fingerprint density at radius 3 is 2.23 bits per heavy atom. The van der Waals surface area contributed by atoms with Crippen LogP contribution in [0, 0.1) is 0 Å². The van der Waals surface area contributed by atoms with Gasteiger partial charge in [-0.1, -0.05) is 23.7 Å². The lowest BCUT2D eigenvalue weighted by molar-refractivity contribution is -0.112. The fourth-order valence-corrected chi connectivity index (χ4v) is 1.23. The van der Waals surface area contributed by atoms with Gasteiger partial charge in [0.1, 0.15) is 0 Å². The highest BCUT2D eigenvalue weighted by molar-refractivity contribution is 6.30. The third kappa shape index (κ3) is 3.03. The number of allylic oxidation sites excluding steroid dienone is 2. The maximum atomic E-state index is 10.8. The van der Waals surface area contributed by atoms with E-state index in [0.717, 1.165) is 11.1 Å². The zero-order valence-electron chi connectivity index (χ0n) is 7.67. The van der Waals surface area contributed by atoms with Gasteiger partial charge >= 0.3 is 0 Å². The average Bonchev–Trinajstić information content (AvgIpc) is 2.04. The topological polar surface area (TPSA) is 17.1 Å². The second kappa shape index (κ2) is 4.24. The van der Waals surface area contributed by atoms with Gasteiger partial charge in [0.05, 0.1) is 0 Å². The van der Waals surface area contributed by atoms with E-state index in [1.165, 1.54) is 0 Å². The predicted octanol–water partition coefficient (Wildman–Crippen LogP) is 3.33. The Kier molecular flexibility index (Phi) is 3.26. The van der Waals surface area contributed by atoms with E-state index < -0.39 is 0 Å². The number of halogens is 1. The number of hydrogen-bond donors (Lipinski definition) is 0. The minimum absolute atomic E-state index is 0.0625. The molecule has 1 aromatic rings. The molecule has 0 fully saturated rings. The monoisotopic (exact) mass is 194 g/mol. The van der Waals surface area contributed by atoms with Gasteiger partial charge < -0.3 is 0 Å². The van der Waals surface area contributed by atoms with Crippen LogP contribution in [0.2, 0.25) is 5.02 Å². The van der Waals surface area contributed by atoms with Crippen molar-refractivity contribution >= 4 is 23.0 Å². The smallest absolute Gasteiger partial charge is 0.152 e. The second-order valence-electron chi connectivity index (χ2n) is 2.94. The number of benzene rings is 1. The molecule has 1 aromatic carbocycles. The molecule has 0 spiro atoms. The van der Waals surface area contributed by atoms with Gasteiger partial charge in [-0.05, 0) is 43.2 Å². The quantitative estimate of drug-likeness (QED) is 0.660. The van der Waals surface area contributed by atoms with E-state index in [1.54, 1.807) is 13.0 Å². The normalized spacial score (nSPS) is 11.5. The third-order valence-electron chi connectivity index (χ3n) is 1.72. The van der Waals surface area contributed by atoms with Crippen molar-refractivity contribution in [3.63, 3.8) is 0 Å². The van der Waals surface area contributed by atoms with Crippen molar-refractivity contribution in [2.24, 2.45) is 0 Å². The van der Waals surface area contributed by atoms with E-state index in [2.05, 4.69) is 0 Å². The molecule has 2 heteroatoms. The fraction of sp³-hybridized carbons (Fsp3) is 0.182. The molecule has 0 saturated carbocycles. The standard InChI is InChI=1S/C11H11ClO/c1-8(7-9(2)13)10-3-5-11(12)6-4-10/h3-7H,1-2H3. The van der Waals surface area contributed by atoms with Gasteiger partial charge in [0.15, 0.2) is 5.78 Å². The summed E-state index contributed by atoms with van der Waals surface area (Å²) in [6.07, 6.45) is 1.61. The maximum Gasteiger partial charge on any atom is 0.152 e. The fourth-order valence-electron chi connectivity index (χ4n) is 1.10. The maximum absolute atomic E-state index is 10.8. The average molecular weight is 195 g/mol. The molecule has 0 aliphatic rings. The van der Waals surface area contributed by atoms with Crippen LogP contribution in [0.25, 0.3) is 5.57 Å². The molecular formula is C11H11ClO. The van der Waals surface area contributed by atoms with Crippen molar-refractivity contribution in [1.29, 1.82) is 0 Å². The van der Waals surface area contributed by atoms with Gasteiger partial charge in [-0.25, -0.2) is 0 Å². The largest absolute Gasteiger partial charge is 0.295 e. The Morgan fingerprint density at radius 1 is 1.23 bits per heavy atom. The lowest BCUT2D eigenvalue weighted by atomic mass is 10.1. The van der Waals surface area contributed by atoms with Crippen molar-refractivity contribution in [2.45, 2.75) is 13.8 Å². The molecule has 0 atom stereocenters. The van der Waals surface area contributed by atoms with E-state index >= 15 is 0 Å². The van der Waals surface area contributed by atoms with Crippen LogP contribution in [0.3, 0.4) is 0 Å². The van der Waals surface area contributed by atoms with Gasteiger partial charge in [0.25, 0.3) is 0 Å². The van der Waals surface area contributed by atoms with Crippen LogP contribution in [0.1, 0.15) is 19.4 Å². The first-order valence-electron chi connectivity index (χ1n) is 4.04. The molecule has 0 bridgehead atoms. The Bertz CT molecular complexity index is 336. The minimum atomic E-state index is 0.0625. The number of hydrogen-bond acceptors (Lipinski definition) is 1. The Morgan fingerprint density at radius 2 is 1.77 bits per heavy atom. The number of ketones is 1. The first kappa shape index (κ1) is 10.0. The molecule has 13 heavy (non-hydrogen) atoms. The zero-order valence-corrected chi connectivity index (χ0v) is 8.43. The van der Waals surface area contributed by atoms with Gasteiger partial charge in [-0.3, -0.25) is 4.79 Å². The van der Waals surface area contributed by atoms with Gasteiger partial charge in [-0.2, -0.15) is 0 Å². The number of carbonyl (C=O) groups is 1. The zero-order chi connectivity index (χ0) is 9.84. The van der Waals surface area contributed by atoms with Crippen LogP contribution < -0.4 is 0 Å². The van der Waals surface area contributed by atoms with E-state index in [-0.39, 0.29) is 5.78 Å². The molecule has 0 aliphatic carbocycles. The lowest BCUT2D eigenvalue weighted by Crippen LogP contribution is -1.85. The molecule has 0 N–H and O–H groups in total. The summed E-state index contributed by atoms with van der Waals surface area (Å²) in [7, 11) is 0. The van der Waals surface area contributed by atoms with Crippen molar-refractivity contribution in [3.05, 3.63) is 40.9 Å². The predicted molar refractivity (Wildman–Crippen MR) is 55.8 cm³/mol. The summed E-state index contributed by atoms with van der Waals surface area (Å²) in [5, 5.41) is 0.708. The van der Waals surface area contributed by atoms with Crippen LogP contribution >= 0.6 is 11.6 Å². The summed E-state index contributed by atoms with van der Waals surface area (Å²) in [5.74, 6) is 0.0625. The summed E-state index contributed by atoms with van der Waals surface area (Å²) >= 11 is 5.74. The van der Waals surface area contributed by atoms with E-state index in [9.17, 15) is 4.79 Å². The molecule has 1 nitrogen and oxygen atoms in total. The van der Waals surface area contributed by atoms with Crippen molar-refractivity contribution in [2.75, 3.05) is 0 Å². The summed E-state index contributed by atoms with van der Waals surface area (Å²) in [4.78, 5) is 10.8. The molecule has 0 saturated heterocycles. The summed E-state index contributed by atoms with van der Waals surface area (Å²) in [5.41, 5.74) is 1.99. The Balaban J connectivity index is 2.96. The van der Waals surface area contributed by atoms with Crippen molar-refractivity contribution in [1.82, 2.24) is 0 Å². The highest BCUT2D eigenvalue weighted by Gasteiger charge is 1.96. The van der Waals surface area contributed by atoms with Gasteiger partial charge in [0, 0.05) is 5.02 Å². The molecule has 0 unspecified atom stereocenters. The number of carbonyl (C=O) groups excluding carboxylic acids is 1. The molecule has 0 aromatic heterocycles. The molecule has 0 aliphatic heterocycles. The molecule has 0 radical (unpaired) electrons. The molecule has 0 amide bonds. The van der Waals surface area contributed by atoms with E-state index in [4.69, 9.17) is 11.6 Å². The first-order valence-corrected chi connectivity index (χ1v) is 4.42. The second-order valence-corrected chi connectivity index (χ2v) is 3.38. The van der Waals surface area contributed by atoms with Crippen molar-refractivity contribution in [3.8, 4) is 0 Å². The van der Waals surface area contributed by atoms with Crippen LogP contribution in [0.15, 0.2) is 30.3 Å². The third-order valence-corrected chi connectivity index (χ3v) is 1.97. The van der Waals surface area contributed by atoms with Crippen LogP contribution in [-0.2, 0) is 4.79 Å². The van der Waals surface area contributed by atoms with Crippen LogP contribution in [0.5, 0.6) is 0 Å². The SMILES string of the molecule is CC(=O)C=C(C)c1ccc(Cl)cc1. The molecule has 1 rings (SSSR count). The molecular weight excluding hydrogens is 184 g/mol. The lowest BCUT2D eigenvalue weighted by Gasteiger charge is -1.99. The van der Waals surface area contributed by atoms with E-state index in [0.29, 0.717) is 5.02 Å². The first-order chi connectivity index (χ1) is 6.09.